The normalized spacial score (nSPS) is 17.7. The van der Waals surface area contributed by atoms with Crippen LogP contribution in [0.2, 0.25) is 5.02 Å². The molecule has 0 aromatic heterocycles. The van der Waals surface area contributed by atoms with Gasteiger partial charge >= 0.3 is 5.97 Å². The van der Waals surface area contributed by atoms with Crippen LogP contribution < -0.4 is 20.1 Å². The number of thiocarbonyl (C=S) groups is 1. The lowest BCUT2D eigenvalue weighted by Gasteiger charge is -2.33. The number of hydrogen-bond acceptors (Lipinski definition) is 7. The molecule has 0 unspecified atom stereocenters. The molecule has 1 aliphatic rings. The Morgan fingerprint density at radius 2 is 1.92 bits per heavy atom. The number of halogens is 1. The van der Waals surface area contributed by atoms with E-state index in [2.05, 4.69) is 0 Å². The number of esters is 1. The molecule has 2 atom stereocenters. The monoisotopic (exact) mass is 534 g/mol. The summed E-state index contributed by atoms with van der Waals surface area (Å²) in [4.78, 5) is 27.1. The Kier molecular flexibility index (Phi) is 8.81. The number of anilines is 1. The number of carbonyl (C=O) groups is 2. The first-order valence-electron chi connectivity index (χ1n) is 11.4. The summed E-state index contributed by atoms with van der Waals surface area (Å²) in [5, 5.41) is 0.476. The molecule has 10 heteroatoms. The predicted octanol–water partition coefficient (Wildman–Crippen LogP) is 4.44. The summed E-state index contributed by atoms with van der Waals surface area (Å²) in [5.74, 6) is 0.285. The van der Waals surface area contributed by atoms with E-state index in [1.807, 2.05) is 26.0 Å². The number of fused-ring (bicyclic) bond motifs is 1. The van der Waals surface area contributed by atoms with Crippen molar-refractivity contribution < 1.29 is 28.5 Å². The van der Waals surface area contributed by atoms with Crippen molar-refractivity contribution in [1.29, 1.82) is 0 Å². The van der Waals surface area contributed by atoms with Gasteiger partial charge in [0.25, 0.3) is 5.91 Å². The van der Waals surface area contributed by atoms with E-state index in [1.165, 1.54) is 6.92 Å². The lowest BCUT2D eigenvalue weighted by Crippen LogP contribution is -2.46. The maximum absolute atomic E-state index is 13.9. The highest BCUT2D eigenvalue weighted by atomic mass is 35.5. The molecule has 36 heavy (non-hydrogen) atoms. The van der Waals surface area contributed by atoms with Crippen molar-refractivity contribution in [2.24, 2.45) is 11.1 Å². The van der Waals surface area contributed by atoms with E-state index in [9.17, 15) is 9.59 Å². The minimum atomic E-state index is -0.973. The van der Waals surface area contributed by atoms with Gasteiger partial charge in [0.2, 0.25) is 0 Å². The summed E-state index contributed by atoms with van der Waals surface area (Å²) in [7, 11) is 3.09. The number of amides is 1. The highest BCUT2D eigenvalue weighted by molar-refractivity contribution is 7.80. The number of benzene rings is 2. The zero-order chi connectivity index (χ0) is 26.6. The average molecular weight is 535 g/mol. The molecule has 0 radical (unpaired) electrons. The Morgan fingerprint density at radius 1 is 1.19 bits per heavy atom. The van der Waals surface area contributed by atoms with Gasteiger partial charge in [-0.05, 0) is 24.3 Å². The third-order valence-electron chi connectivity index (χ3n) is 5.76. The Hall–Kier alpha value is -2.88. The molecule has 1 amide bonds. The number of ether oxygens (including phenoxy) is 4. The molecule has 1 heterocycles. The van der Waals surface area contributed by atoms with Crippen LogP contribution in [0, 0.1) is 5.41 Å². The molecular formula is C26H31ClN2O6S. The SMILES string of the molecule is COc1cccc([C@H]2O[C@H](CC(N)=S)C(=O)N(CC(C)(C)COC(C)=O)c3ccc(Cl)cc32)c1OC. The predicted molar refractivity (Wildman–Crippen MR) is 142 cm³/mol. The van der Waals surface area contributed by atoms with Gasteiger partial charge < -0.3 is 29.6 Å². The second-order valence-corrected chi connectivity index (χ2v) is 10.3. The third-order valence-corrected chi connectivity index (χ3v) is 6.16. The van der Waals surface area contributed by atoms with Crippen molar-refractivity contribution in [1.82, 2.24) is 0 Å². The molecule has 0 spiro atoms. The molecule has 0 saturated carbocycles. The molecule has 194 valence electrons. The highest BCUT2D eigenvalue weighted by Gasteiger charge is 2.40. The van der Waals surface area contributed by atoms with Gasteiger partial charge in [0.05, 0.1) is 25.8 Å². The second kappa shape index (κ2) is 11.5. The summed E-state index contributed by atoms with van der Waals surface area (Å²) in [6.07, 6.45) is -1.67. The maximum atomic E-state index is 13.9. The van der Waals surface area contributed by atoms with E-state index in [1.54, 1.807) is 43.4 Å². The van der Waals surface area contributed by atoms with Crippen molar-refractivity contribution in [3.05, 3.63) is 52.5 Å². The lowest BCUT2D eigenvalue weighted by molar-refractivity contribution is -0.143. The number of nitrogens with zero attached hydrogens (tertiary/aromatic N) is 1. The zero-order valence-corrected chi connectivity index (χ0v) is 22.6. The fourth-order valence-electron chi connectivity index (χ4n) is 4.18. The van der Waals surface area contributed by atoms with Crippen LogP contribution in [-0.2, 0) is 19.1 Å². The Balaban J connectivity index is 2.20. The summed E-state index contributed by atoms with van der Waals surface area (Å²) < 4.78 is 22.9. The molecular weight excluding hydrogens is 504 g/mol. The van der Waals surface area contributed by atoms with Crippen LogP contribution in [-0.4, -0.2) is 50.3 Å². The number of hydrogen-bond donors (Lipinski definition) is 1. The van der Waals surface area contributed by atoms with Crippen molar-refractivity contribution in [3.8, 4) is 11.5 Å². The summed E-state index contributed by atoms with van der Waals surface area (Å²) in [6, 6.07) is 10.7. The van der Waals surface area contributed by atoms with Gasteiger partial charge in [-0.25, -0.2) is 0 Å². The molecule has 3 rings (SSSR count). The smallest absolute Gasteiger partial charge is 0.302 e. The number of rotatable bonds is 9. The summed E-state index contributed by atoms with van der Waals surface area (Å²) in [6.45, 7) is 5.55. The van der Waals surface area contributed by atoms with E-state index in [0.29, 0.717) is 33.3 Å². The Labute approximate surface area is 221 Å². The van der Waals surface area contributed by atoms with Crippen LogP contribution in [0.4, 0.5) is 5.69 Å². The first-order chi connectivity index (χ1) is 17.0. The van der Waals surface area contributed by atoms with Gasteiger partial charge in [0.15, 0.2) is 11.5 Å². The third kappa shape index (κ3) is 6.27. The molecule has 2 aromatic rings. The minimum absolute atomic E-state index is 0.0412. The molecule has 0 fully saturated rings. The van der Waals surface area contributed by atoms with Crippen molar-refractivity contribution in [3.63, 3.8) is 0 Å². The van der Waals surface area contributed by atoms with E-state index in [-0.39, 0.29) is 30.5 Å². The molecule has 0 aliphatic carbocycles. The topological polar surface area (TPSA) is 100 Å². The number of nitrogens with two attached hydrogens (primary N) is 1. The highest BCUT2D eigenvalue weighted by Crippen LogP contribution is 2.45. The minimum Gasteiger partial charge on any atom is -0.493 e. The van der Waals surface area contributed by atoms with Crippen LogP contribution in [0.1, 0.15) is 44.4 Å². The summed E-state index contributed by atoms with van der Waals surface area (Å²) in [5.41, 5.74) is 7.22. The van der Waals surface area contributed by atoms with Gasteiger partial charge in [0, 0.05) is 47.1 Å². The van der Waals surface area contributed by atoms with Gasteiger partial charge in [-0.3, -0.25) is 9.59 Å². The fourth-order valence-corrected chi connectivity index (χ4v) is 4.51. The molecule has 8 nitrogen and oxygen atoms in total. The second-order valence-electron chi connectivity index (χ2n) is 9.33. The molecule has 2 N–H and O–H groups in total. The number of carbonyl (C=O) groups excluding carboxylic acids is 2. The van der Waals surface area contributed by atoms with Gasteiger partial charge in [-0.15, -0.1) is 0 Å². The van der Waals surface area contributed by atoms with Gasteiger partial charge in [-0.1, -0.05) is 49.8 Å². The fraction of sp³-hybridized carbons (Fsp3) is 0.423. The molecule has 0 bridgehead atoms. The first-order valence-corrected chi connectivity index (χ1v) is 12.1. The van der Waals surface area contributed by atoms with Crippen molar-refractivity contribution in [2.75, 3.05) is 32.3 Å². The van der Waals surface area contributed by atoms with E-state index in [0.717, 1.165) is 0 Å². The average Bonchev–Trinajstić information content (AvgIpc) is 2.92. The van der Waals surface area contributed by atoms with Gasteiger partial charge in [-0.2, -0.15) is 0 Å². The Morgan fingerprint density at radius 3 is 2.53 bits per heavy atom. The maximum Gasteiger partial charge on any atom is 0.302 e. The lowest BCUT2D eigenvalue weighted by atomic mass is 9.92. The van der Waals surface area contributed by atoms with E-state index >= 15 is 0 Å². The largest absolute Gasteiger partial charge is 0.493 e. The van der Waals surface area contributed by atoms with Crippen molar-refractivity contribution in [2.45, 2.75) is 39.4 Å². The number of methoxy groups -OCH3 is 2. The van der Waals surface area contributed by atoms with Crippen molar-refractivity contribution >= 4 is 46.4 Å². The standard InChI is InChI=1S/C26H31ClN2O6S/c1-15(30)34-14-26(2,3)13-29-19-10-9-16(27)11-18(19)23(35-21(25(29)31)12-22(28)36)17-7-6-8-20(32-4)24(17)33-5/h6-11,21,23H,12-14H2,1-5H3,(H2,28,36)/t21-,23-/m1/s1. The van der Waals surface area contributed by atoms with Crippen LogP contribution in [0.5, 0.6) is 11.5 Å². The first kappa shape index (κ1) is 27.7. The molecule has 0 saturated heterocycles. The van der Waals surface area contributed by atoms with Gasteiger partial charge in [0.1, 0.15) is 12.2 Å². The van der Waals surface area contributed by atoms with Crippen LogP contribution in [0.3, 0.4) is 0 Å². The molecule has 1 aliphatic heterocycles. The van der Waals surface area contributed by atoms with Crippen LogP contribution in [0.15, 0.2) is 36.4 Å². The summed E-state index contributed by atoms with van der Waals surface area (Å²) >= 11 is 11.6. The van der Waals surface area contributed by atoms with E-state index < -0.39 is 23.6 Å². The zero-order valence-electron chi connectivity index (χ0n) is 21.0. The van der Waals surface area contributed by atoms with E-state index in [4.69, 9.17) is 48.5 Å². The quantitative estimate of drug-likeness (QED) is 0.372. The van der Waals surface area contributed by atoms with Crippen LogP contribution in [0.25, 0.3) is 0 Å². The Bertz CT molecular complexity index is 1160. The van der Waals surface area contributed by atoms with Crippen LogP contribution >= 0.6 is 23.8 Å². The molecule has 2 aromatic carbocycles. The number of para-hydroxylation sites is 1.